The average molecular weight is 582 g/mol. The zero-order valence-electron chi connectivity index (χ0n) is 20.6. The second-order valence-electron chi connectivity index (χ2n) is 8.55. The van der Waals surface area contributed by atoms with E-state index in [4.69, 9.17) is 0 Å². The molecule has 0 unspecified atom stereocenters. The van der Waals surface area contributed by atoms with Crippen molar-refractivity contribution < 1.29 is 17.6 Å². The number of nitrogens with one attached hydrogen (secondary N) is 3. The Morgan fingerprint density at radius 1 is 1.05 bits per heavy atom. The standard InChI is InChI=1S/C27H24FN5O3S3/c28-23-8-9-24(38-23)39(35,36)33-26-25(22-16-18(11-14-30-22)10-13-29-17-34)27(32-31-26)37-15-12-20-6-3-5-19-4-1-2-7-21(19)20/h1-9,11,14,16-17H,10,12-13,15H2,(H,29,34)(H2,31,32,33). The lowest BCUT2D eigenvalue weighted by atomic mass is 10.0. The Kier molecular flexibility index (Phi) is 8.24. The normalized spacial score (nSPS) is 11.5. The first-order valence-electron chi connectivity index (χ1n) is 12.0. The van der Waals surface area contributed by atoms with Crippen molar-refractivity contribution >= 4 is 56.1 Å². The summed E-state index contributed by atoms with van der Waals surface area (Å²) in [6, 6.07) is 20.5. The number of H-pyrrole nitrogens is 1. The fourth-order valence-corrected chi connectivity index (χ4v) is 7.19. The van der Waals surface area contributed by atoms with Crippen LogP contribution in [0.5, 0.6) is 0 Å². The topological polar surface area (TPSA) is 117 Å². The van der Waals surface area contributed by atoms with Crippen LogP contribution in [0, 0.1) is 5.13 Å². The number of halogens is 1. The summed E-state index contributed by atoms with van der Waals surface area (Å²) in [5, 5.41) is 12.2. The lowest BCUT2D eigenvalue weighted by Gasteiger charge is -2.10. The number of aromatic amines is 1. The first-order valence-corrected chi connectivity index (χ1v) is 15.3. The number of amides is 1. The highest BCUT2D eigenvalue weighted by molar-refractivity contribution is 7.99. The third kappa shape index (κ3) is 6.29. The monoisotopic (exact) mass is 581 g/mol. The number of carbonyl (C=O) groups excluding carboxylic acids is 1. The van der Waals surface area contributed by atoms with E-state index in [1.54, 1.807) is 6.20 Å². The van der Waals surface area contributed by atoms with Crippen LogP contribution in [0.1, 0.15) is 11.1 Å². The van der Waals surface area contributed by atoms with Gasteiger partial charge in [-0.1, -0.05) is 53.8 Å². The van der Waals surface area contributed by atoms with Crippen LogP contribution in [0.4, 0.5) is 10.2 Å². The number of anilines is 1. The van der Waals surface area contributed by atoms with Gasteiger partial charge in [-0.2, -0.15) is 9.49 Å². The lowest BCUT2D eigenvalue weighted by molar-refractivity contribution is -0.109. The Bertz CT molecular complexity index is 1710. The predicted octanol–water partition coefficient (Wildman–Crippen LogP) is 5.25. The van der Waals surface area contributed by atoms with Crippen molar-refractivity contribution in [2.24, 2.45) is 0 Å². The van der Waals surface area contributed by atoms with Crippen LogP contribution < -0.4 is 10.0 Å². The number of benzene rings is 2. The highest BCUT2D eigenvalue weighted by Gasteiger charge is 2.24. The van der Waals surface area contributed by atoms with Crippen LogP contribution in [0.15, 0.2) is 82.2 Å². The molecule has 5 rings (SSSR count). The number of carbonyl (C=O) groups is 1. The van der Waals surface area contributed by atoms with Crippen LogP contribution in [-0.2, 0) is 27.7 Å². The minimum atomic E-state index is -4.05. The summed E-state index contributed by atoms with van der Waals surface area (Å²) in [4.78, 5) is 15.1. The Morgan fingerprint density at radius 3 is 2.72 bits per heavy atom. The summed E-state index contributed by atoms with van der Waals surface area (Å²) in [6.45, 7) is 0.453. The van der Waals surface area contributed by atoms with Crippen LogP contribution in [0.25, 0.3) is 22.0 Å². The maximum Gasteiger partial charge on any atom is 0.272 e. The van der Waals surface area contributed by atoms with Gasteiger partial charge in [-0.3, -0.25) is 19.6 Å². The Labute approximate surface area is 233 Å². The maximum atomic E-state index is 13.6. The molecular weight excluding hydrogens is 558 g/mol. The number of pyridine rings is 1. The van der Waals surface area contributed by atoms with E-state index in [0.29, 0.717) is 52.7 Å². The minimum Gasteiger partial charge on any atom is -0.358 e. The summed E-state index contributed by atoms with van der Waals surface area (Å²) in [5.41, 5.74) is 3.15. The lowest BCUT2D eigenvalue weighted by Crippen LogP contribution is -2.14. The molecule has 0 aliphatic rings. The molecule has 200 valence electrons. The SMILES string of the molecule is O=CNCCc1ccnc(-c2c(SCCc3cccc4ccccc34)n[nH]c2NS(=O)(=O)c2ccc(F)s2)c1. The van der Waals surface area contributed by atoms with Crippen LogP contribution in [0.3, 0.4) is 0 Å². The van der Waals surface area contributed by atoms with Crippen molar-refractivity contribution in [1.29, 1.82) is 0 Å². The molecule has 0 aliphatic heterocycles. The van der Waals surface area contributed by atoms with Crippen molar-refractivity contribution in [2.45, 2.75) is 22.1 Å². The molecule has 3 N–H and O–H groups in total. The Morgan fingerprint density at radius 2 is 1.90 bits per heavy atom. The highest BCUT2D eigenvalue weighted by atomic mass is 32.2. The number of aromatic nitrogens is 3. The summed E-state index contributed by atoms with van der Waals surface area (Å²) in [5.74, 6) is 0.837. The van der Waals surface area contributed by atoms with Gasteiger partial charge in [0.15, 0.2) is 5.13 Å². The quantitative estimate of drug-likeness (QED) is 0.105. The van der Waals surface area contributed by atoms with Gasteiger partial charge >= 0.3 is 0 Å². The molecule has 8 nitrogen and oxygen atoms in total. The Hall–Kier alpha value is -3.74. The molecule has 0 aliphatic carbocycles. The second kappa shape index (κ2) is 12.0. The molecular formula is C27H24FN5O3S3. The molecule has 12 heteroatoms. The van der Waals surface area contributed by atoms with Gasteiger partial charge < -0.3 is 5.32 Å². The molecule has 0 bridgehead atoms. The molecule has 0 saturated heterocycles. The van der Waals surface area contributed by atoms with Gasteiger partial charge in [-0.25, -0.2) is 8.42 Å². The van der Waals surface area contributed by atoms with Crippen molar-refractivity contribution in [3.63, 3.8) is 0 Å². The third-order valence-electron chi connectivity index (χ3n) is 5.99. The van der Waals surface area contributed by atoms with Gasteiger partial charge in [0.2, 0.25) is 6.41 Å². The number of fused-ring (bicyclic) bond motifs is 1. The number of hydrogen-bond acceptors (Lipinski definition) is 7. The van der Waals surface area contributed by atoms with Gasteiger partial charge in [0.25, 0.3) is 10.0 Å². The third-order valence-corrected chi connectivity index (χ3v) is 9.69. The summed E-state index contributed by atoms with van der Waals surface area (Å²) in [6.07, 6.45) is 3.63. The van der Waals surface area contributed by atoms with Crippen molar-refractivity contribution in [3.05, 3.63) is 89.2 Å². The smallest absolute Gasteiger partial charge is 0.272 e. The Balaban J connectivity index is 1.44. The van der Waals surface area contributed by atoms with Gasteiger partial charge in [0.05, 0.1) is 11.3 Å². The van der Waals surface area contributed by atoms with Crippen LogP contribution in [-0.4, -0.2) is 42.3 Å². The van der Waals surface area contributed by atoms with E-state index in [0.717, 1.165) is 18.1 Å². The second-order valence-corrected chi connectivity index (χ2v) is 12.6. The summed E-state index contributed by atoms with van der Waals surface area (Å²) in [7, 11) is -4.05. The summed E-state index contributed by atoms with van der Waals surface area (Å²) < 4.78 is 41.9. The van der Waals surface area contributed by atoms with E-state index in [1.165, 1.54) is 34.2 Å². The number of thiophene rings is 1. The van der Waals surface area contributed by atoms with Crippen molar-refractivity contribution in [2.75, 3.05) is 17.0 Å². The van der Waals surface area contributed by atoms with Gasteiger partial charge in [-0.05, 0) is 59.0 Å². The van der Waals surface area contributed by atoms with Gasteiger partial charge in [-0.15, -0.1) is 11.8 Å². The molecule has 0 saturated carbocycles. The van der Waals surface area contributed by atoms with Gasteiger partial charge in [0.1, 0.15) is 15.1 Å². The van der Waals surface area contributed by atoms with E-state index in [1.807, 2.05) is 30.3 Å². The van der Waals surface area contributed by atoms with Crippen LogP contribution >= 0.6 is 23.1 Å². The van der Waals surface area contributed by atoms with E-state index in [2.05, 4.69) is 49.5 Å². The van der Waals surface area contributed by atoms with E-state index >= 15 is 0 Å². The molecule has 0 radical (unpaired) electrons. The number of thioether (sulfide) groups is 1. The van der Waals surface area contributed by atoms with Crippen molar-refractivity contribution in [3.8, 4) is 11.3 Å². The molecule has 3 aromatic heterocycles. The molecule has 2 aromatic carbocycles. The fourth-order valence-electron chi connectivity index (χ4n) is 4.18. The first-order chi connectivity index (χ1) is 18.9. The molecule has 0 spiro atoms. The number of hydrogen-bond donors (Lipinski definition) is 3. The number of rotatable bonds is 12. The maximum absolute atomic E-state index is 13.6. The predicted molar refractivity (Wildman–Crippen MR) is 153 cm³/mol. The molecule has 0 fully saturated rings. The van der Waals surface area contributed by atoms with Crippen LogP contribution in [0.2, 0.25) is 0 Å². The number of aryl methyl sites for hydroxylation is 1. The zero-order chi connectivity index (χ0) is 27.2. The zero-order valence-corrected chi connectivity index (χ0v) is 23.0. The molecule has 1 amide bonds. The molecule has 39 heavy (non-hydrogen) atoms. The van der Waals surface area contributed by atoms with E-state index in [9.17, 15) is 17.6 Å². The molecule has 5 aromatic rings. The number of sulfonamides is 1. The van der Waals surface area contributed by atoms with E-state index < -0.39 is 15.2 Å². The first kappa shape index (κ1) is 26.9. The summed E-state index contributed by atoms with van der Waals surface area (Å²) >= 11 is 2.03. The van der Waals surface area contributed by atoms with E-state index in [-0.39, 0.29) is 10.0 Å². The fraction of sp³-hybridized carbons (Fsp3) is 0.148. The minimum absolute atomic E-state index is 0.145. The molecule has 0 atom stereocenters. The van der Waals surface area contributed by atoms with Crippen molar-refractivity contribution in [1.82, 2.24) is 20.5 Å². The molecule has 3 heterocycles. The van der Waals surface area contributed by atoms with Gasteiger partial charge in [0, 0.05) is 18.5 Å². The highest BCUT2D eigenvalue weighted by Crippen LogP contribution is 2.37. The number of nitrogens with zero attached hydrogens (tertiary/aromatic N) is 2. The average Bonchev–Trinajstić information content (AvgIpc) is 3.55. The largest absolute Gasteiger partial charge is 0.358 e.